The molecule has 0 radical (unpaired) electrons. The van der Waals surface area contributed by atoms with Crippen LogP contribution in [0.3, 0.4) is 0 Å². The smallest absolute Gasteiger partial charge is 0.119 e. The molecular weight excluding hydrogens is 228 g/mol. The van der Waals surface area contributed by atoms with E-state index in [1.807, 2.05) is 18.2 Å². The number of ether oxygens (including phenoxy) is 1. The highest BCUT2D eigenvalue weighted by Gasteiger charge is 2.00. The summed E-state index contributed by atoms with van der Waals surface area (Å²) in [5.41, 5.74) is 1.19. The van der Waals surface area contributed by atoms with Crippen molar-refractivity contribution in [1.82, 2.24) is 0 Å². The van der Waals surface area contributed by atoms with E-state index in [0.717, 1.165) is 23.1 Å². The molecule has 0 aliphatic heterocycles. The minimum atomic E-state index is 0.756. The molecule has 0 heterocycles. The molecule has 1 aromatic rings. The quantitative estimate of drug-likeness (QED) is 0.736. The number of aryl methyl sites for hydroxylation is 1. The molecular formula is C11H11BrO. The average molecular weight is 239 g/mol. The summed E-state index contributed by atoms with van der Waals surface area (Å²) in [4.78, 5) is 0. The van der Waals surface area contributed by atoms with Crippen molar-refractivity contribution < 1.29 is 4.74 Å². The number of methoxy groups -OCH3 is 1. The standard InChI is InChI=1S/C11H11BrO/c1-3-4-5-9-8-10(13-2)6-7-11(9)12/h1,6-8H,4-5H2,2H3. The average Bonchev–Trinajstić information content (AvgIpc) is 2.17. The minimum absolute atomic E-state index is 0.756. The Morgan fingerprint density at radius 3 is 2.92 bits per heavy atom. The highest BCUT2D eigenvalue weighted by Crippen LogP contribution is 2.23. The lowest BCUT2D eigenvalue weighted by atomic mass is 10.1. The molecule has 0 saturated heterocycles. The van der Waals surface area contributed by atoms with Crippen LogP contribution in [-0.2, 0) is 6.42 Å². The molecule has 1 rings (SSSR count). The summed E-state index contributed by atoms with van der Waals surface area (Å²) >= 11 is 3.47. The Morgan fingerprint density at radius 2 is 2.31 bits per heavy atom. The highest BCUT2D eigenvalue weighted by molar-refractivity contribution is 9.10. The first-order valence-electron chi connectivity index (χ1n) is 4.04. The number of hydrogen-bond donors (Lipinski definition) is 0. The minimum Gasteiger partial charge on any atom is -0.497 e. The Morgan fingerprint density at radius 1 is 1.54 bits per heavy atom. The molecule has 0 bridgehead atoms. The van der Waals surface area contributed by atoms with Gasteiger partial charge in [0.1, 0.15) is 5.75 Å². The van der Waals surface area contributed by atoms with E-state index in [-0.39, 0.29) is 0 Å². The third-order valence-corrected chi connectivity index (χ3v) is 2.57. The van der Waals surface area contributed by atoms with Gasteiger partial charge in [0.15, 0.2) is 0 Å². The van der Waals surface area contributed by atoms with Gasteiger partial charge in [-0.25, -0.2) is 0 Å². The summed E-state index contributed by atoms with van der Waals surface area (Å²) in [6.45, 7) is 0. The van der Waals surface area contributed by atoms with Crippen LogP contribution in [0.5, 0.6) is 5.75 Å². The normalized spacial score (nSPS) is 9.31. The van der Waals surface area contributed by atoms with E-state index in [0.29, 0.717) is 0 Å². The fraction of sp³-hybridized carbons (Fsp3) is 0.273. The van der Waals surface area contributed by atoms with Gasteiger partial charge >= 0.3 is 0 Å². The van der Waals surface area contributed by atoms with Gasteiger partial charge in [-0.2, -0.15) is 0 Å². The summed E-state index contributed by atoms with van der Waals surface area (Å²) in [5, 5.41) is 0. The Bertz CT molecular complexity index is 325. The molecule has 68 valence electrons. The van der Waals surface area contributed by atoms with Gasteiger partial charge in [0.2, 0.25) is 0 Å². The molecule has 0 N–H and O–H groups in total. The van der Waals surface area contributed by atoms with Crippen LogP contribution in [0.25, 0.3) is 0 Å². The van der Waals surface area contributed by atoms with Gasteiger partial charge in [0, 0.05) is 10.9 Å². The molecule has 1 aromatic carbocycles. The molecule has 0 amide bonds. The van der Waals surface area contributed by atoms with E-state index < -0.39 is 0 Å². The van der Waals surface area contributed by atoms with Crippen LogP contribution in [0, 0.1) is 12.3 Å². The zero-order valence-electron chi connectivity index (χ0n) is 7.51. The molecule has 0 aromatic heterocycles. The Hall–Kier alpha value is -0.940. The van der Waals surface area contributed by atoms with Gasteiger partial charge in [-0.15, -0.1) is 12.3 Å². The zero-order chi connectivity index (χ0) is 9.68. The van der Waals surface area contributed by atoms with E-state index in [1.165, 1.54) is 5.56 Å². The number of halogens is 1. The number of hydrogen-bond acceptors (Lipinski definition) is 1. The van der Waals surface area contributed by atoms with Crippen molar-refractivity contribution in [2.75, 3.05) is 7.11 Å². The van der Waals surface area contributed by atoms with Crippen molar-refractivity contribution in [2.45, 2.75) is 12.8 Å². The topological polar surface area (TPSA) is 9.23 Å². The van der Waals surface area contributed by atoms with Crippen molar-refractivity contribution in [3.63, 3.8) is 0 Å². The molecule has 0 aliphatic rings. The van der Waals surface area contributed by atoms with Gasteiger partial charge < -0.3 is 4.74 Å². The first-order valence-corrected chi connectivity index (χ1v) is 4.83. The lowest BCUT2D eigenvalue weighted by Gasteiger charge is -2.05. The highest BCUT2D eigenvalue weighted by atomic mass is 79.9. The van der Waals surface area contributed by atoms with Gasteiger partial charge in [-0.1, -0.05) is 15.9 Å². The summed E-state index contributed by atoms with van der Waals surface area (Å²) in [6, 6.07) is 5.90. The number of rotatable bonds is 3. The van der Waals surface area contributed by atoms with Crippen molar-refractivity contribution in [3.8, 4) is 18.1 Å². The summed E-state index contributed by atoms with van der Waals surface area (Å²) < 4.78 is 6.20. The van der Waals surface area contributed by atoms with Gasteiger partial charge in [-0.05, 0) is 30.2 Å². The molecule has 0 aliphatic carbocycles. The lowest BCUT2D eigenvalue weighted by Crippen LogP contribution is -1.89. The van der Waals surface area contributed by atoms with Crippen LogP contribution >= 0.6 is 15.9 Å². The summed E-state index contributed by atoms with van der Waals surface area (Å²) in [7, 11) is 1.66. The van der Waals surface area contributed by atoms with E-state index in [4.69, 9.17) is 11.2 Å². The van der Waals surface area contributed by atoms with Crippen LogP contribution in [-0.4, -0.2) is 7.11 Å². The first kappa shape index (κ1) is 10.1. The summed E-state index contributed by atoms with van der Waals surface area (Å²) in [6.07, 6.45) is 6.84. The fourth-order valence-electron chi connectivity index (χ4n) is 1.08. The predicted octanol–water partition coefficient (Wildman–Crippen LogP) is 3.02. The molecule has 0 saturated carbocycles. The monoisotopic (exact) mass is 238 g/mol. The molecule has 0 fully saturated rings. The van der Waals surface area contributed by atoms with E-state index >= 15 is 0 Å². The third kappa shape index (κ3) is 2.78. The fourth-order valence-corrected chi connectivity index (χ4v) is 1.52. The predicted molar refractivity (Wildman–Crippen MR) is 57.8 cm³/mol. The van der Waals surface area contributed by atoms with Gasteiger partial charge in [-0.3, -0.25) is 0 Å². The van der Waals surface area contributed by atoms with Gasteiger partial charge in [0.05, 0.1) is 7.11 Å². The van der Waals surface area contributed by atoms with Crippen LogP contribution in [0.1, 0.15) is 12.0 Å². The maximum Gasteiger partial charge on any atom is 0.119 e. The van der Waals surface area contributed by atoms with Gasteiger partial charge in [0.25, 0.3) is 0 Å². The SMILES string of the molecule is C#CCCc1cc(OC)ccc1Br. The third-order valence-electron chi connectivity index (χ3n) is 1.79. The van der Waals surface area contributed by atoms with Crippen molar-refractivity contribution >= 4 is 15.9 Å². The van der Waals surface area contributed by atoms with E-state index in [2.05, 4.69) is 21.9 Å². The van der Waals surface area contributed by atoms with Crippen LogP contribution in [0.2, 0.25) is 0 Å². The first-order chi connectivity index (χ1) is 6.27. The second-order valence-electron chi connectivity index (χ2n) is 2.66. The molecule has 0 atom stereocenters. The zero-order valence-corrected chi connectivity index (χ0v) is 9.10. The Balaban J connectivity index is 2.85. The van der Waals surface area contributed by atoms with E-state index in [1.54, 1.807) is 7.11 Å². The van der Waals surface area contributed by atoms with Crippen LogP contribution in [0.15, 0.2) is 22.7 Å². The summed E-state index contributed by atoms with van der Waals surface area (Å²) in [5.74, 6) is 3.49. The number of terminal acetylenes is 1. The van der Waals surface area contributed by atoms with E-state index in [9.17, 15) is 0 Å². The largest absolute Gasteiger partial charge is 0.497 e. The number of benzene rings is 1. The van der Waals surface area contributed by atoms with Crippen LogP contribution in [0.4, 0.5) is 0 Å². The molecule has 13 heavy (non-hydrogen) atoms. The molecule has 0 spiro atoms. The maximum atomic E-state index is 5.20. The second-order valence-corrected chi connectivity index (χ2v) is 3.52. The van der Waals surface area contributed by atoms with Crippen LogP contribution < -0.4 is 4.74 Å². The molecule has 0 unspecified atom stereocenters. The Kier molecular flexibility index (Phi) is 3.85. The molecule has 1 nitrogen and oxygen atoms in total. The van der Waals surface area contributed by atoms with Crippen molar-refractivity contribution in [3.05, 3.63) is 28.2 Å². The maximum absolute atomic E-state index is 5.20. The molecule has 2 heteroatoms. The second kappa shape index (κ2) is 4.94. The van der Waals surface area contributed by atoms with Crippen molar-refractivity contribution in [1.29, 1.82) is 0 Å². The lowest BCUT2D eigenvalue weighted by molar-refractivity contribution is 0.414. The van der Waals surface area contributed by atoms with Crippen molar-refractivity contribution in [2.24, 2.45) is 0 Å². The Labute approximate surface area is 87.2 Å².